The fourth-order valence-corrected chi connectivity index (χ4v) is 1.91. The average Bonchev–Trinajstić information content (AvgIpc) is 2.99. The number of tetrazole rings is 1. The van der Waals surface area contributed by atoms with Crippen molar-refractivity contribution in [2.24, 2.45) is 0 Å². The lowest BCUT2D eigenvalue weighted by Gasteiger charge is -2.02. The summed E-state index contributed by atoms with van der Waals surface area (Å²) in [4.78, 5) is 0. The average molecular weight is 277 g/mol. The van der Waals surface area contributed by atoms with Crippen LogP contribution in [0.1, 0.15) is 11.4 Å². The van der Waals surface area contributed by atoms with E-state index in [1.165, 1.54) is 5.56 Å². The van der Waals surface area contributed by atoms with Crippen LogP contribution in [0, 0.1) is 6.92 Å². The van der Waals surface area contributed by atoms with Crippen molar-refractivity contribution in [1.82, 2.24) is 20.2 Å². The monoisotopic (exact) mass is 277 g/mol. The van der Waals surface area contributed by atoms with E-state index in [0.29, 0.717) is 5.82 Å². The molecule has 0 aliphatic rings. The summed E-state index contributed by atoms with van der Waals surface area (Å²) in [5.74, 6) is 0.667. The SMILES string of the molecule is Cc1ccc(N/C=C\c2nnnn2-c2ccccc2)cc1. The quantitative estimate of drug-likeness (QED) is 0.796. The van der Waals surface area contributed by atoms with Crippen LogP contribution in [0.2, 0.25) is 0 Å². The molecule has 1 heterocycles. The second-order valence-electron chi connectivity index (χ2n) is 4.63. The third-order valence-electron chi connectivity index (χ3n) is 3.03. The van der Waals surface area contributed by atoms with E-state index in [1.54, 1.807) is 4.68 Å². The van der Waals surface area contributed by atoms with E-state index in [4.69, 9.17) is 0 Å². The molecular formula is C16H15N5. The van der Waals surface area contributed by atoms with Crippen LogP contribution in [0.4, 0.5) is 5.69 Å². The molecular weight excluding hydrogens is 262 g/mol. The highest BCUT2D eigenvalue weighted by atomic mass is 15.5. The molecule has 5 nitrogen and oxygen atoms in total. The molecule has 0 fully saturated rings. The smallest absolute Gasteiger partial charge is 0.181 e. The summed E-state index contributed by atoms with van der Waals surface area (Å²) in [7, 11) is 0. The maximum Gasteiger partial charge on any atom is 0.181 e. The molecule has 1 aromatic heterocycles. The fourth-order valence-electron chi connectivity index (χ4n) is 1.91. The van der Waals surface area contributed by atoms with Crippen LogP contribution in [0.15, 0.2) is 60.8 Å². The van der Waals surface area contributed by atoms with Crippen LogP contribution >= 0.6 is 0 Å². The molecule has 3 aromatic rings. The highest BCUT2D eigenvalue weighted by Crippen LogP contribution is 2.10. The van der Waals surface area contributed by atoms with Gasteiger partial charge in [-0.25, -0.2) is 0 Å². The summed E-state index contributed by atoms with van der Waals surface area (Å²) in [6.45, 7) is 2.06. The molecule has 0 atom stereocenters. The van der Waals surface area contributed by atoms with Gasteiger partial charge in [-0.15, -0.1) is 5.10 Å². The first-order valence-corrected chi connectivity index (χ1v) is 6.66. The Bertz CT molecular complexity index is 729. The summed E-state index contributed by atoms with van der Waals surface area (Å²) < 4.78 is 1.69. The van der Waals surface area contributed by atoms with E-state index < -0.39 is 0 Å². The minimum atomic E-state index is 0.667. The van der Waals surface area contributed by atoms with Gasteiger partial charge in [-0.2, -0.15) is 4.68 Å². The molecule has 0 aliphatic carbocycles. The number of aryl methyl sites for hydroxylation is 1. The van der Waals surface area contributed by atoms with E-state index in [1.807, 2.05) is 54.7 Å². The van der Waals surface area contributed by atoms with Crippen LogP contribution in [-0.2, 0) is 0 Å². The lowest BCUT2D eigenvalue weighted by molar-refractivity contribution is 0.787. The number of aromatic nitrogens is 4. The van der Waals surface area contributed by atoms with Crippen LogP contribution < -0.4 is 5.32 Å². The molecule has 0 unspecified atom stereocenters. The van der Waals surface area contributed by atoms with E-state index in [0.717, 1.165) is 11.4 Å². The zero-order chi connectivity index (χ0) is 14.5. The second kappa shape index (κ2) is 6.00. The zero-order valence-electron chi connectivity index (χ0n) is 11.6. The number of anilines is 1. The van der Waals surface area contributed by atoms with Gasteiger partial charge in [-0.3, -0.25) is 0 Å². The van der Waals surface area contributed by atoms with Crippen LogP contribution in [0.25, 0.3) is 11.8 Å². The lowest BCUT2D eigenvalue weighted by atomic mass is 10.2. The van der Waals surface area contributed by atoms with Crippen molar-refractivity contribution >= 4 is 11.8 Å². The Balaban J connectivity index is 1.75. The Kier molecular flexibility index (Phi) is 3.73. The summed E-state index contributed by atoms with van der Waals surface area (Å²) in [5, 5.41) is 14.9. The van der Waals surface area contributed by atoms with Gasteiger partial charge in [0.2, 0.25) is 0 Å². The van der Waals surface area contributed by atoms with Crippen LogP contribution in [0.5, 0.6) is 0 Å². The molecule has 1 N–H and O–H groups in total. The van der Waals surface area contributed by atoms with Gasteiger partial charge >= 0.3 is 0 Å². The van der Waals surface area contributed by atoms with Gasteiger partial charge in [0.1, 0.15) is 0 Å². The third-order valence-corrected chi connectivity index (χ3v) is 3.03. The highest BCUT2D eigenvalue weighted by molar-refractivity contribution is 5.52. The Hall–Kier alpha value is -2.95. The largest absolute Gasteiger partial charge is 0.362 e. The number of nitrogens with one attached hydrogen (secondary N) is 1. The van der Waals surface area contributed by atoms with Crippen LogP contribution in [-0.4, -0.2) is 20.2 Å². The summed E-state index contributed by atoms with van der Waals surface area (Å²) in [6.07, 6.45) is 3.67. The van der Waals surface area contributed by atoms with Crippen molar-refractivity contribution in [2.75, 3.05) is 5.32 Å². The number of hydrogen-bond donors (Lipinski definition) is 1. The minimum absolute atomic E-state index is 0.667. The molecule has 0 radical (unpaired) electrons. The molecule has 0 aliphatic heterocycles. The Morgan fingerprint density at radius 2 is 1.76 bits per heavy atom. The molecule has 104 valence electrons. The van der Waals surface area contributed by atoms with Crippen molar-refractivity contribution in [3.8, 4) is 5.69 Å². The Morgan fingerprint density at radius 1 is 1.00 bits per heavy atom. The standard InChI is InChI=1S/C16H15N5/c1-13-7-9-14(10-8-13)17-12-11-16-18-19-20-21(16)15-5-3-2-4-6-15/h2-12,17H,1H3/b12-11-. The van der Waals surface area contributed by atoms with E-state index in [9.17, 15) is 0 Å². The minimum Gasteiger partial charge on any atom is -0.362 e. The highest BCUT2D eigenvalue weighted by Gasteiger charge is 2.03. The third kappa shape index (κ3) is 3.14. The molecule has 0 saturated carbocycles. The van der Waals surface area contributed by atoms with Gasteiger partial charge in [0.05, 0.1) is 5.69 Å². The Labute approximate surface area is 122 Å². The first kappa shape index (κ1) is 13.1. The summed E-state index contributed by atoms with van der Waals surface area (Å²) in [6, 6.07) is 18.0. The topological polar surface area (TPSA) is 55.6 Å². The van der Waals surface area contributed by atoms with Gasteiger partial charge < -0.3 is 5.32 Å². The maximum atomic E-state index is 4.01. The molecule has 0 amide bonds. The lowest BCUT2D eigenvalue weighted by Crippen LogP contribution is -1.99. The summed E-state index contributed by atoms with van der Waals surface area (Å²) >= 11 is 0. The molecule has 0 saturated heterocycles. The first-order valence-electron chi connectivity index (χ1n) is 6.66. The van der Waals surface area contributed by atoms with Crippen molar-refractivity contribution in [3.63, 3.8) is 0 Å². The van der Waals surface area contributed by atoms with Gasteiger partial charge in [-0.1, -0.05) is 35.9 Å². The molecule has 2 aromatic carbocycles. The number of hydrogen-bond acceptors (Lipinski definition) is 4. The number of nitrogens with zero attached hydrogens (tertiary/aromatic N) is 4. The Morgan fingerprint density at radius 3 is 2.52 bits per heavy atom. The molecule has 5 heteroatoms. The van der Waals surface area contributed by atoms with Crippen molar-refractivity contribution < 1.29 is 0 Å². The molecule has 3 rings (SSSR count). The fraction of sp³-hybridized carbons (Fsp3) is 0.0625. The number of rotatable bonds is 4. The predicted octanol–water partition coefficient (Wildman–Crippen LogP) is 3.05. The van der Waals surface area contributed by atoms with E-state index >= 15 is 0 Å². The van der Waals surface area contributed by atoms with E-state index in [-0.39, 0.29) is 0 Å². The number of benzene rings is 2. The van der Waals surface area contributed by atoms with Crippen molar-refractivity contribution in [1.29, 1.82) is 0 Å². The van der Waals surface area contributed by atoms with Crippen molar-refractivity contribution in [2.45, 2.75) is 6.92 Å². The molecule has 0 bridgehead atoms. The first-order chi connectivity index (χ1) is 10.3. The van der Waals surface area contributed by atoms with E-state index in [2.05, 4.69) is 39.9 Å². The normalized spacial score (nSPS) is 10.9. The summed E-state index contributed by atoms with van der Waals surface area (Å²) in [5.41, 5.74) is 3.19. The predicted molar refractivity (Wildman–Crippen MR) is 83.0 cm³/mol. The van der Waals surface area contributed by atoms with Gasteiger partial charge in [0, 0.05) is 18.0 Å². The maximum absolute atomic E-state index is 4.01. The number of para-hydroxylation sites is 1. The second-order valence-corrected chi connectivity index (χ2v) is 4.63. The van der Waals surface area contributed by atoms with Crippen molar-refractivity contribution in [3.05, 3.63) is 72.2 Å². The van der Waals surface area contributed by atoms with Gasteiger partial charge in [-0.05, 0) is 41.6 Å². The zero-order valence-corrected chi connectivity index (χ0v) is 11.6. The van der Waals surface area contributed by atoms with Crippen LogP contribution in [0.3, 0.4) is 0 Å². The van der Waals surface area contributed by atoms with Gasteiger partial charge in [0.25, 0.3) is 0 Å². The van der Waals surface area contributed by atoms with Gasteiger partial charge in [0.15, 0.2) is 5.82 Å². The molecule has 0 spiro atoms. The molecule has 21 heavy (non-hydrogen) atoms.